The molecule has 0 fully saturated rings. The molecular weight excluding hydrogens is 569 g/mol. The summed E-state index contributed by atoms with van der Waals surface area (Å²) in [4.78, 5) is 0. The highest BCUT2D eigenvalue weighted by Gasteiger charge is 2.36. The Balaban J connectivity index is 1.20. The second kappa shape index (κ2) is 9.57. The molecular formula is C45H32N2. The van der Waals surface area contributed by atoms with E-state index in [0.29, 0.717) is 0 Å². The molecule has 0 unspecified atom stereocenters. The molecule has 7 aromatic carbocycles. The van der Waals surface area contributed by atoms with Gasteiger partial charge in [-0.3, -0.25) is 0 Å². The van der Waals surface area contributed by atoms with E-state index in [0.717, 1.165) is 5.69 Å². The molecule has 1 aliphatic rings. The standard InChI is InChI=1S/C45H32N2/c1-45(2)39-17-9-6-14-33(39)36-27-38-35-16-8-11-19-42(35)47(44(38)28-40(36)45)32-24-25-43-37(26-32)34-15-7-10-18-41(34)46(43)31-22-20-30(21-23-31)29-12-4-3-5-13-29/h3-28H,1-2H3. The zero-order valence-electron chi connectivity index (χ0n) is 26.4. The number of nitrogens with zero attached hydrogens (tertiary/aromatic N) is 2. The molecule has 0 atom stereocenters. The van der Waals surface area contributed by atoms with E-state index in [9.17, 15) is 0 Å². The zero-order chi connectivity index (χ0) is 31.3. The molecule has 0 N–H and O–H groups in total. The molecule has 10 rings (SSSR count). The van der Waals surface area contributed by atoms with Crippen molar-refractivity contribution >= 4 is 43.6 Å². The molecule has 1 aliphatic carbocycles. The van der Waals surface area contributed by atoms with Crippen LogP contribution in [0.2, 0.25) is 0 Å². The summed E-state index contributed by atoms with van der Waals surface area (Å²) >= 11 is 0. The van der Waals surface area contributed by atoms with Gasteiger partial charge in [0, 0.05) is 38.3 Å². The van der Waals surface area contributed by atoms with Crippen LogP contribution in [0.25, 0.3) is 77.2 Å². The maximum absolute atomic E-state index is 2.48. The van der Waals surface area contributed by atoms with Gasteiger partial charge in [-0.1, -0.05) is 117 Å². The number of hydrogen-bond donors (Lipinski definition) is 0. The van der Waals surface area contributed by atoms with E-state index in [1.165, 1.54) is 82.7 Å². The van der Waals surface area contributed by atoms with Crippen LogP contribution in [0.15, 0.2) is 158 Å². The fourth-order valence-electron chi connectivity index (χ4n) is 8.25. The van der Waals surface area contributed by atoms with Gasteiger partial charge in [-0.15, -0.1) is 0 Å². The first-order valence-corrected chi connectivity index (χ1v) is 16.4. The lowest BCUT2D eigenvalue weighted by atomic mass is 9.82. The van der Waals surface area contributed by atoms with Crippen LogP contribution in [0.3, 0.4) is 0 Å². The van der Waals surface area contributed by atoms with Crippen LogP contribution in [-0.4, -0.2) is 9.13 Å². The largest absolute Gasteiger partial charge is 0.309 e. The van der Waals surface area contributed by atoms with Gasteiger partial charge in [0.2, 0.25) is 0 Å². The van der Waals surface area contributed by atoms with E-state index in [4.69, 9.17) is 0 Å². The van der Waals surface area contributed by atoms with Crippen LogP contribution in [0.4, 0.5) is 0 Å². The lowest BCUT2D eigenvalue weighted by Gasteiger charge is -2.21. The Bertz CT molecular complexity index is 2680. The SMILES string of the molecule is CC1(C)c2ccccc2-c2cc3c4ccccc4n(-c4ccc5c(c4)c4ccccc4n5-c4ccc(-c5ccccc5)cc4)c3cc21. The Morgan fingerprint density at radius 1 is 0.362 bits per heavy atom. The quantitative estimate of drug-likeness (QED) is 0.191. The first-order chi connectivity index (χ1) is 23.1. The van der Waals surface area contributed by atoms with Gasteiger partial charge in [0.05, 0.1) is 22.1 Å². The molecule has 2 nitrogen and oxygen atoms in total. The molecule has 47 heavy (non-hydrogen) atoms. The molecule has 0 amide bonds. The molecule has 0 aliphatic heterocycles. The number of para-hydroxylation sites is 2. The number of aromatic nitrogens is 2. The van der Waals surface area contributed by atoms with Gasteiger partial charge < -0.3 is 9.13 Å². The van der Waals surface area contributed by atoms with E-state index >= 15 is 0 Å². The summed E-state index contributed by atoms with van der Waals surface area (Å²) in [6.07, 6.45) is 0. The summed E-state index contributed by atoms with van der Waals surface area (Å²) in [5.41, 5.74) is 15.2. The predicted octanol–water partition coefficient (Wildman–Crippen LogP) is 11.9. The van der Waals surface area contributed by atoms with Crippen molar-refractivity contribution < 1.29 is 0 Å². The highest BCUT2D eigenvalue weighted by Crippen LogP contribution is 2.51. The van der Waals surface area contributed by atoms with Gasteiger partial charge in [-0.05, 0) is 88.0 Å². The smallest absolute Gasteiger partial charge is 0.0544 e. The predicted molar refractivity (Wildman–Crippen MR) is 198 cm³/mol. The van der Waals surface area contributed by atoms with Crippen molar-refractivity contribution in [2.24, 2.45) is 0 Å². The minimum Gasteiger partial charge on any atom is -0.309 e. The normalized spacial score (nSPS) is 13.5. The van der Waals surface area contributed by atoms with Gasteiger partial charge >= 0.3 is 0 Å². The Morgan fingerprint density at radius 2 is 0.915 bits per heavy atom. The molecule has 0 radical (unpaired) electrons. The zero-order valence-corrected chi connectivity index (χ0v) is 26.4. The van der Waals surface area contributed by atoms with Crippen molar-refractivity contribution in [3.8, 4) is 33.6 Å². The van der Waals surface area contributed by atoms with Crippen LogP contribution >= 0.6 is 0 Å². The van der Waals surface area contributed by atoms with E-state index in [1.807, 2.05) is 0 Å². The Kier molecular flexibility index (Phi) is 5.37. The third-order valence-corrected chi connectivity index (χ3v) is 10.5. The maximum atomic E-state index is 2.48. The third-order valence-electron chi connectivity index (χ3n) is 10.5. The molecule has 222 valence electrons. The highest BCUT2D eigenvalue weighted by atomic mass is 15.0. The Hall–Kier alpha value is -5.86. The van der Waals surface area contributed by atoms with Crippen molar-refractivity contribution in [2.75, 3.05) is 0 Å². The Morgan fingerprint density at radius 3 is 1.66 bits per heavy atom. The first kappa shape index (κ1) is 26.4. The van der Waals surface area contributed by atoms with Gasteiger partial charge in [0.25, 0.3) is 0 Å². The summed E-state index contributed by atoms with van der Waals surface area (Å²) in [5, 5.41) is 5.10. The van der Waals surface area contributed by atoms with Gasteiger partial charge in [-0.25, -0.2) is 0 Å². The summed E-state index contributed by atoms with van der Waals surface area (Å²) in [7, 11) is 0. The topological polar surface area (TPSA) is 9.86 Å². The summed E-state index contributed by atoms with van der Waals surface area (Å²) in [6, 6.07) is 58.0. The van der Waals surface area contributed by atoms with Crippen LogP contribution in [-0.2, 0) is 5.41 Å². The summed E-state index contributed by atoms with van der Waals surface area (Å²) in [5.74, 6) is 0. The minimum absolute atomic E-state index is 0.0607. The lowest BCUT2D eigenvalue weighted by Crippen LogP contribution is -2.14. The van der Waals surface area contributed by atoms with Crippen molar-refractivity contribution in [2.45, 2.75) is 19.3 Å². The maximum Gasteiger partial charge on any atom is 0.0544 e. The number of fused-ring (bicyclic) bond motifs is 9. The average Bonchev–Trinajstić information content (AvgIpc) is 3.71. The minimum atomic E-state index is -0.0607. The number of benzene rings is 7. The summed E-state index contributed by atoms with van der Waals surface area (Å²) in [6.45, 7) is 4.73. The molecule has 2 heteroatoms. The first-order valence-electron chi connectivity index (χ1n) is 16.4. The second-order valence-electron chi connectivity index (χ2n) is 13.4. The van der Waals surface area contributed by atoms with E-state index in [-0.39, 0.29) is 5.41 Å². The molecule has 0 spiro atoms. The second-order valence-corrected chi connectivity index (χ2v) is 13.4. The van der Waals surface area contributed by atoms with Crippen molar-refractivity contribution in [1.82, 2.24) is 9.13 Å². The van der Waals surface area contributed by atoms with Gasteiger partial charge in [0.1, 0.15) is 0 Å². The van der Waals surface area contributed by atoms with Crippen molar-refractivity contribution in [3.63, 3.8) is 0 Å². The van der Waals surface area contributed by atoms with Crippen LogP contribution < -0.4 is 0 Å². The molecule has 0 bridgehead atoms. The average molecular weight is 601 g/mol. The molecule has 0 saturated carbocycles. The van der Waals surface area contributed by atoms with Crippen LogP contribution in [0, 0.1) is 0 Å². The van der Waals surface area contributed by atoms with Gasteiger partial charge in [0.15, 0.2) is 0 Å². The fraction of sp³-hybridized carbons (Fsp3) is 0.0667. The molecule has 0 saturated heterocycles. The van der Waals surface area contributed by atoms with Crippen LogP contribution in [0.1, 0.15) is 25.0 Å². The fourth-order valence-corrected chi connectivity index (χ4v) is 8.25. The highest BCUT2D eigenvalue weighted by molar-refractivity contribution is 6.13. The van der Waals surface area contributed by atoms with Gasteiger partial charge in [-0.2, -0.15) is 0 Å². The molecule has 2 heterocycles. The molecule has 2 aromatic heterocycles. The van der Waals surface area contributed by atoms with Crippen molar-refractivity contribution in [1.29, 1.82) is 0 Å². The third kappa shape index (κ3) is 3.67. The van der Waals surface area contributed by atoms with E-state index in [1.54, 1.807) is 0 Å². The van der Waals surface area contributed by atoms with Crippen LogP contribution in [0.5, 0.6) is 0 Å². The molecule has 9 aromatic rings. The number of hydrogen-bond acceptors (Lipinski definition) is 0. The lowest BCUT2D eigenvalue weighted by molar-refractivity contribution is 0.661. The number of rotatable bonds is 3. The monoisotopic (exact) mass is 600 g/mol. The summed E-state index contributed by atoms with van der Waals surface area (Å²) < 4.78 is 4.88. The van der Waals surface area contributed by atoms with Crippen molar-refractivity contribution in [3.05, 3.63) is 169 Å². The van der Waals surface area contributed by atoms with E-state index in [2.05, 4.69) is 181 Å². The van der Waals surface area contributed by atoms with E-state index < -0.39 is 0 Å². The Labute approximate surface area is 273 Å².